The van der Waals surface area contributed by atoms with E-state index in [0.717, 1.165) is 50.8 Å². The number of nitrogens with zero attached hydrogens (tertiary/aromatic N) is 3. The third-order valence-corrected chi connectivity index (χ3v) is 4.56. The molecule has 0 aromatic carbocycles. The van der Waals surface area contributed by atoms with E-state index in [1.807, 2.05) is 4.90 Å². The lowest BCUT2D eigenvalue weighted by Gasteiger charge is -2.27. The summed E-state index contributed by atoms with van der Waals surface area (Å²) in [6, 6.07) is 1.70. The molecule has 0 radical (unpaired) electrons. The molecule has 1 aliphatic heterocycles. The van der Waals surface area contributed by atoms with Crippen molar-refractivity contribution in [3.8, 4) is 0 Å². The number of rotatable bonds is 3. The fourth-order valence-corrected chi connectivity index (χ4v) is 3.26. The smallest absolute Gasteiger partial charge is 0.258 e. The minimum Gasteiger partial charge on any atom is -0.468 e. The molecule has 6 nitrogen and oxygen atoms in total. The number of carbonyl (C=O) groups excluding carboxylic acids is 1. The van der Waals surface area contributed by atoms with Gasteiger partial charge in [-0.1, -0.05) is 18.0 Å². The van der Waals surface area contributed by atoms with Crippen LogP contribution in [-0.4, -0.2) is 27.5 Å². The van der Waals surface area contributed by atoms with Crippen LogP contribution in [0.15, 0.2) is 27.7 Å². The monoisotopic (exact) mass is 301 g/mol. The Labute approximate surface area is 128 Å². The number of likely N-dealkylation sites (tertiary alicyclic amines) is 1. The average Bonchev–Trinajstić information content (AvgIpc) is 3.10. The van der Waals surface area contributed by atoms with Crippen LogP contribution in [0.25, 0.3) is 0 Å². The molecule has 1 aliphatic carbocycles. The molecule has 22 heavy (non-hydrogen) atoms. The Morgan fingerprint density at radius 3 is 2.91 bits per heavy atom. The van der Waals surface area contributed by atoms with Gasteiger partial charge >= 0.3 is 0 Å². The molecule has 6 heteroatoms. The Morgan fingerprint density at radius 1 is 1.23 bits per heavy atom. The van der Waals surface area contributed by atoms with Gasteiger partial charge in [0.25, 0.3) is 5.91 Å². The summed E-state index contributed by atoms with van der Waals surface area (Å²) in [4.78, 5) is 19.1. The van der Waals surface area contributed by atoms with Crippen LogP contribution in [0.5, 0.6) is 0 Å². The largest absolute Gasteiger partial charge is 0.468 e. The maximum Gasteiger partial charge on any atom is 0.258 e. The Bertz CT molecular complexity index is 645. The van der Waals surface area contributed by atoms with Gasteiger partial charge in [0.2, 0.25) is 6.39 Å². The molecule has 1 unspecified atom stereocenters. The van der Waals surface area contributed by atoms with Gasteiger partial charge in [-0.3, -0.25) is 4.79 Å². The minimum atomic E-state index is -0.101. The zero-order chi connectivity index (χ0) is 14.9. The lowest BCUT2D eigenvalue weighted by Crippen LogP contribution is -2.35. The van der Waals surface area contributed by atoms with Crippen molar-refractivity contribution in [2.45, 2.75) is 50.5 Å². The Balaban J connectivity index is 1.65. The fourth-order valence-electron chi connectivity index (χ4n) is 3.26. The molecule has 2 aromatic heterocycles. The lowest BCUT2D eigenvalue weighted by atomic mass is 10.1. The van der Waals surface area contributed by atoms with Crippen LogP contribution in [0, 0.1) is 0 Å². The SMILES string of the molecule is O=C(c1ccoc1C1CC1)N1CCCCCC1c1ncon1. The van der Waals surface area contributed by atoms with Gasteiger partial charge in [0.1, 0.15) is 5.76 Å². The average molecular weight is 301 g/mol. The van der Waals surface area contributed by atoms with Crippen molar-refractivity contribution >= 4 is 5.91 Å². The first-order chi connectivity index (χ1) is 10.8. The van der Waals surface area contributed by atoms with E-state index in [4.69, 9.17) is 8.94 Å². The zero-order valence-electron chi connectivity index (χ0n) is 12.4. The van der Waals surface area contributed by atoms with Gasteiger partial charge in [-0.25, -0.2) is 0 Å². The Kier molecular flexibility index (Phi) is 3.44. The summed E-state index contributed by atoms with van der Waals surface area (Å²) >= 11 is 0. The van der Waals surface area contributed by atoms with Gasteiger partial charge in [0.15, 0.2) is 5.82 Å². The summed E-state index contributed by atoms with van der Waals surface area (Å²) in [5.74, 6) is 1.91. The fraction of sp³-hybridized carbons (Fsp3) is 0.562. The second-order valence-corrected chi connectivity index (χ2v) is 6.13. The summed E-state index contributed by atoms with van der Waals surface area (Å²) in [5, 5.41) is 3.96. The predicted octanol–water partition coefficient (Wildman–Crippen LogP) is 3.30. The van der Waals surface area contributed by atoms with E-state index in [-0.39, 0.29) is 11.9 Å². The van der Waals surface area contributed by atoms with Crippen molar-refractivity contribution in [3.63, 3.8) is 0 Å². The molecular formula is C16H19N3O3. The second-order valence-electron chi connectivity index (χ2n) is 6.13. The van der Waals surface area contributed by atoms with E-state index in [2.05, 4.69) is 10.1 Å². The number of carbonyl (C=O) groups is 1. The highest BCUT2D eigenvalue weighted by Crippen LogP contribution is 2.43. The van der Waals surface area contributed by atoms with E-state index in [0.29, 0.717) is 17.3 Å². The van der Waals surface area contributed by atoms with Crippen LogP contribution in [0.3, 0.4) is 0 Å². The van der Waals surface area contributed by atoms with E-state index >= 15 is 0 Å². The zero-order valence-corrected chi connectivity index (χ0v) is 12.4. The maximum atomic E-state index is 13.1. The molecule has 1 saturated carbocycles. The van der Waals surface area contributed by atoms with Crippen molar-refractivity contribution in [2.75, 3.05) is 6.54 Å². The first kappa shape index (κ1) is 13.5. The van der Waals surface area contributed by atoms with Gasteiger partial charge in [0, 0.05) is 12.5 Å². The summed E-state index contributed by atoms with van der Waals surface area (Å²) in [6.07, 6.45) is 9.27. The standard InChI is InChI=1S/C16H19N3O3/c20-16(12-7-9-21-14(12)11-5-6-11)19-8-3-1-2-4-13(19)15-17-10-22-18-15/h7,9-11,13H,1-6,8H2. The van der Waals surface area contributed by atoms with Crippen LogP contribution >= 0.6 is 0 Å². The normalized spacial score (nSPS) is 22.5. The van der Waals surface area contributed by atoms with E-state index in [1.54, 1.807) is 12.3 Å². The van der Waals surface area contributed by atoms with Crippen LogP contribution in [-0.2, 0) is 0 Å². The van der Waals surface area contributed by atoms with Gasteiger partial charge in [0.05, 0.1) is 17.9 Å². The van der Waals surface area contributed by atoms with Gasteiger partial charge in [-0.05, 0) is 31.7 Å². The maximum absolute atomic E-state index is 13.1. The molecule has 0 spiro atoms. The summed E-state index contributed by atoms with van der Waals surface area (Å²) in [7, 11) is 0. The molecule has 4 rings (SSSR count). The predicted molar refractivity (Wildman–Crippen MR) is 77.2 cm³/mol. The molecule has 0 bridgehead atoms. The highest BCUT2D eigenvalue weighted by molar-refractivity contribution is 5.95. The third kappa shape index (κ3) is 2.42. The molecule has 116 valence electrons. The molecular weight excluding hydrogens is 282 g/mol. The Hall–Kier alpha value is -2.11. The van der Waals surface area contributed by atoms with E-state index in [9.17, 15) is 4.79 Å². The summed E-state index contributed by atoms with van der Waals surface area (Å²) < 4.78 is 10.4. The number of amides is 1. The highest BCUT2D eigenvalue weighted by atomic mass is 16.5. The molecule has 1 amide bonds. The molecule has 0 N–H and O–H groups in total. The van der Waals surface area contributed by atoms with Crippen molar-refractivity contribution in [3.05, 3.63) is 35.9 Å². The minimum absolute atomic E-state index is 0.0346. The summed E-state index contributed by atoms with van der Waals surface area (Å²) in [6.45, 7) is 0.729. The molecule has 3 heterocycles. The second kappa shape index (κ2) is 5.59. The van der Waals surface area contributed by atoms with Crippen LogP contribution in [0.2, 0.25) is 0 Å². The van der Waals surface area contributed by atoms with Gasteiger partial charge in [-0.15, -0.1) is 0 Å². The van der Waals surface area contributed by atoms with Crippen LogP contribution < -0.4 is 0 Å². The third-order valence-electron chi connectivity index (χ3n) is 4.56. The number of furan rings is 1. The van der Waals surface area contributed by atoms with Crippen LogP contribution in [0.4, 0.5) is 0 Å². The van der Waals surface area contributed by atoms with Gasteiger partial charge in [-0.2, -0.15) is 4.98 Å². The lowest BCUT2D eigenvalue weighted by molar-refractivity contribution is 0.0668. The Morgan fingerprint density at radius 2 is 2.14 bits per heavy atom. The topological polar surface area (TPSA) is 72.4 Å². The number of aromatic nitrogens is 2. The molecule has 1 saturated heterocycles. The highest BCUT2D eigenvalue weighted by Gasteiger charge is 2.36. The van der Waals surface area contributed by atoms with Gasteiger partial charge < -0.3 is 13.8 Å². The van der Waals surface area contributed by atoms with Crippen molar-refractivity contribution in [1.29, 1.82) is 0 Å². The van der Waals surface area contributed by atoms with Crippen molar-refractivity contribution in [1.82, 2.24) is 15.0 Å². The first-order valence-corrected chi connectivity index (χ1v) is 7.99. The van der Waals surface area contributed by atoms with Crippen molar-refractivity contribution < 1.29 is 13.7 Å². The van der Waals surface area contributed by atoms with E-state index < -0.39 is 0 Å². The number of hydrogen-bond donors (Lipinski definition) is 0. The molecule has 2 fully saturated rings. The van der Waals surface area contributed by atoms with Crippen LogP contribution in [0.1, 0.15) is 72.4 Å². The first-order valence-electron chi connectivity index (χ1n) is 7.99. The quantitative estimate of drug-likeness (QED) is 0.869. The van der Waals surface area contributed by atoms with Crippen molar-refractivity contribution in [2.24, 2.45) is 0 Å². The molecule has 2 aromatic rings. The molecule has 1 atom stereocenters. The molecule has 2 aliphatic rings. The number of hydrogen-bond acceptors (Lipinski definition) is 5. The van der Waals surface area contributed by atoms with E-state index in [1.165, 1.54) is 6.39 Å². The summed E-state index contributed by atoms with van der Waals surface area (Å²) in [5.41, 5.74) is 0.706.